The first-order valence-corrected chi connectivity index (χ1v) is 6.51. The van der Waals surface area contributed by atoms with Crippen molar-refractivity contribution in [1.82, 2.24) is 0 Å². The summed E-state index contributed by atoms with van der Waals surface area (Å²) in [5, 5.41) is 0. The van der Waals surface area contributed by atoms with Crippen LogP contribution in [0.15, 0.2) is 78.9 Å². The molecule has 0 saturated heterocycles. The van der Waals surface area contributed by atoms with Gasteiger partial charge in [0.05, 0.1) is 0 Å². The lowest BCUT2D eigenvalue weighted by molar-refractivity contribution is 0.483. The lowest BCUT2D eigenvalue weighted by Crippen LogP contribution is -1.91. The van der Waals surface area contributed by atoms with Gasteiger partial charge in [-0.15, -0.1) is 0 Å². The van der Waals surface area contributed by atoms with Crippen molar-refractivity contribution in [2.75, 3.05) is 5.73 Å². The van der Waals surface area contributed by atoms with Gasteiger partial charge in [-0.2, -0.15) is 0 Å². The van der Waals surface area contributed by atoms with Crippen molar-refractivity contribution in [2.45, 2.75) is 0 Å². The fraction of sp³-hybridized carbons (Fsp3) is 0. The zero-order valence-corrected chi connectivity index (χ0v) is 11.0. The fourth-order valence-electron chi connectivity index (χ4n) is 2.09. The first kappa shape index (κ1) is 12.3. The molecule has 0 radical (unpaired) electrons. The van der Waals surface area contributed by atoms with Crippen molar-refractivity contribution in [2.24, 2.45) is 0 Å². The van der Waals surface area contributed by atoms with E-state index in [0.29, 0.717) is 0 Å². The number of nitrogen functional groups attached to an aromatic ring is 1. The van der Waals surface area contributed by atoms with Crippen molar-refractivity contribution in [3.05, 3.63) is 78.9 Å². The third-order valence-corrected chi connectivity index (χ3v) is 3.09. The molecule has 0 aliphatic rings. The summed E-state index contributed by atoms with van der Waals surface area (Å²) in [6.07, 6.45) is 0. The van der Waals surface area contributed by atoms with Gasteiger partial charge in [0.1, 0.15) is 11.5 Å². The van der Waals surface area contributed by atoms with Crippen molar-refractivity contribution < 1.29 is 4.74 Å². The topological polar surface area (TPSA) is 35.2 Å². The molecule has 3 rings (SSSR count). The molecular weight excluding hydrogens is 246 g/mol. The Morgan fingerprint density at radius 1 is 0.650 bits per heavy atom. The monoisotopic (exact) mass is 261 g/mol. The number of hydrogen-bond acceptors (Lipinski definition) is 2. The highest BCUT2D eigenvalue weighted by atomic mass is 16.5. The average molecular weight is 261 g/mol. The molecule has 3 aromatic carbocycles. The first-order valence-electron chi connectivity index (χ1n) is 6.51. The minimum Gasteiger partial charge on any atom is -0.457 e. The summed E-state index contributed by atoms with van der Waals surface area (Å²) in [5.74, 6) is 1.60. The zero-order valence-electron chi connectivity index (χ0n) is 11.0. The maximum atomic E-state index is 6.06. The molecule has 0 atom stereocenters. The summed E-state index contributed by atoms with van der Waals surface area (Å²) >= 11 is 0. The van der Waals surface area contributed by atoms with Gasteiger partial charge >= 0.3 is 0 Å². The summed E-state index contributed by atoms with van der Waals surface area (Å²) in [4.78, 5) is 0. The highest BCUT2D eigenvalue weighted by Crippen LogP contribution is 2.31. The third-order valence-electron chi connectivity index (χ3n) is 3.09. The average Bonchev–Trinajstić information content (AvgIpc) is 2.51. The second kappa shape index (κ2) is 5.49. The molecule has 2 heteroatoms. The Morgan fingerprint density at radius 2 is 1.30 bits per heavy atom. The number of benzene rings is 3. The molecule has 0 aliphatic carbocycles. The molecule has 2 nitrogen and oxygen atoms in total. The lowest BCUT2D eigenvalue weighted by atomic mass is 10.0. The molecular formula is C18H15NO. The molecule has 0 saturated carbocycles. The third kappa shape index (κ3) is 2.64. The van der Waals surface area contributed by atoms with E-state index < -0.39 is 0 Å². The van der Waals surface area contributed by atoms with Crippen LogP contribution in [0.5, 0.6) is 11.5 Å². The van der Waals surface area contributed by atoms with Crippen LogP contribution in [-0.4, -0.2) is 0 Å². The summed E-state index contributed by atoms with van der Waals surface area (Å²) in [5.41, 5.74) is 8.88. The number of para-hydroxylation sites is 1. The van der Waals surface area contributed by atoms with Gasteiger partial charge in [0, 0.05) is 11.3 Å². The number of nitrogens with two attached hydrogens (primary N) is 1. The van der Waals surface area contributed by atoms with E-state index in [0.717, 1.165) is 28.3 Å². The van der Waals surface area contributed by atoms with Crippen LogP contribution in [0.4, 0.5) is 5.69 Å². The molecule has 0 aliphatic heterocycles. The van der Waals surface area contributed by atoms with Crippen LogP contribution >= 0.6 is 0 Å². The largest absolute Gasteiger partial charge is 0.457 e. The van der Waals surface area contributed by atoms with Crippen LogP contribution in [-0.2, 0) is 0 Å². The molecule has 0 heterocycles. The van der Waals surface area contributed by atoms with Crippen LogP contribution in [0.1, 0.15) is 0 Å². The summed E-state index contributed by atoms with van der Waals surface area (Å²) in [6, 6.07) is 25.5. The van der Waals surface area contributed by atoms with Gasteiger partial charge in [0.2, 0.25) is 0 Å². The highest BCUT2D eigenvalue weighted by Gasteiger charge is 2.05. The molecule has 20 heavy (non-hydrogen) atoms. The molecule has 2 N–H and O–H groups in total. The Kier molecular flexibility index (Phi) is 3.38. The van der Waals surface area contributed by atoms with Crippen molar-refractivity contribution in [3.63, 3.8) is 0 Å². The van der Waals surface area contributed by atoms with Crippen LogP contribution in [0.25, 0.3) is 11.1 Å². The molecule has 0 spiro atoms. The number of rotatable bonds is 3. The second-order valence-electron chi connectivity index (χ2n) is 4.53. The highest BCUT2D eigenvalue weighted by molar-refractivity contribution is 5.77. The van der Waals surface area contributed by atoms with Crippen molar-refractivity contribution in [3.8, 4) is 22.6 Å². The molecule has 0 aromatic heterocycles. The Labute approximate surface area is 118 Å². The molecule has 3 aromatic rings. The Balaban J connectivity index is 1.95. The number of hydrogen-bond donors (Lipinski definition) is 1. The van der Waals surface area contributed by atoms with Gasteiger partial charge in [-0.05, 0) is 35.9 Å². The molecule has 0 bridgehead atoms. The van der Waals surface area contributed by atoms with Gasteiger partial charge in [0.15, 0.2) is 0 Å². The van der Waals surface area contributed by atoms with Crippen molar-refractivity contribution >= 4 is 5.69 Å². The fourth-order valence-corrected chi connectivity index (χ4v) is 2.09. The molecule has 0 amide bonds. The van der Waals surface area contributed by atoms with E-state index in [4.69, 9.17) is 10.5 Å². The normalized spacial score (nSPS) is 10.2. The minimum atomic E-state index is 0.747. The van der Waals surface area contributed by atoms with Gasteiger partial charge in [0.25, 0.3) is 0 Å². The van der Waals surface area contributed by atoms with E-state index in [1.807, 2.05) is 78.9 Å². The quantitative estimate of drug-likeness (QED) is 0.692. The standard InChI is InChI=1S/C18H15NO/c19-18-12-11-16(20-15-9-5-2-6-10-15)13-17(18)14-7-3-1-4-8-14/h1-13H,19H2. The van der Waals surface area contributed by atoms with Crippen molar-refractivity contribution in [1.29, 1.82) is 0 Å². The van der Waals surface area contributed by atoms with Gasteiger partial charge < -0.3 is 10.5 Å². The molecule has 0 fully saturated rings. The first-order chi connectivity index (χ1) is 9.83. The zero-order chi connectivity index (χ0) is 13.8. The van der Waals surface area contributed by atoms with Gasteiger partial charge in [-0.1, -0.05) is 48.5 Å². The second-order valence-corrected chi connectivity index (χ2v) is 4.53. The number of ether oxygens (including phenoxy) is 1. The summed E-state index contributed by atoms with van der Waals surface area (Å²) in [6.45, 7) is 0. The minimum absolute atomic E-state index is 0.747. The Hall–Kier alpha value is -2.74. The van der Waals surface area contributed by atoms with E-state index >= 15 is 0 Å². The molecule has 98 valence electrons. The maximum absolute atomic E-state index is 6.06. The van der Waals surface area contributed by atoms with E-state index in [2.05, 4.69) is 0 Å². The van der Waals surface area contributed by atoms with Crippen LogP contribution < -0.4 is 10.5 Å². The van der Waals surface area contributed by atoms with Crippen LogP contribution in [0.3, 0.4) is 0 Å². The van der Waals surface area contributed by atoms with E-state index in [9.17, 15) is 0 Å². The van der Waals surface area contributed by atoms with E-state index in [1.165, 1.54) is 0 Å². The summed E-state index contributed by atoms with van der Waals surface area (Å²) in [7, 11) is 0. The maximum Gasteiger partial charge on any atom is 0.128 e. The van der Waals surface area contributed by atoms with E-state index in [1.54, 1.807) is 0 Å². The summed E-state index contributed by atoms with van der Waals surface area (Å²) < 4.78 is 5.84. The molecule has 0 unspecified atom stereocenters. The predicted octanol–water partition coefficient (Wildman–Crippen LogP) is 4.73. The van der Waals surface area contributed by atoms with E-state index in [-0.39, 0.29) is 0 Å². The van der Waals surface area contributed by atoms with Crippen LogP contribution in [0, 0.1) is 0 Å². The van der Waals surface area contributed by atoms with Gasteiger partial charge in [-0.3, -0.25) is 0 Å². The van der Waals surface area contributed by atoms with Crippen LogP contribution in [0.2, 0.25) is 0 Å². The Morgan fingerprint density at radius 3 is 2.00 bits per heavy atom. The lowest BCUT2D eigenvalue weighted by Gasteiger charge is -2.10. The SMILES string of the molecule is Nc1ccc(Oc2ccccc2)cc1-c1ccccc1. The van der Waals surface area contributed by atoms with Gasteiger partial charge in [-0.25, -0.2) is 0 Å². The smallest absolute Gasteiger partial charge is 0.128 e. The predicted molar refractivity (Wildman–Crippen MR) is 82.8 cm³/mol. The Bertz CT molecular complexity index is 693. The number of anilines is 1.